The van der Waals surface area contributed by atoms with Crippen molar-refractivity contribution < 1.29 is 18.0 Å². The molecule has 0 radical (unpaired) electrons. The number of hydrogen-bond donors (Lipinski definition) is 1. The molecule has 3 aromatic carbocycles. The lowest BCUT2D eigenvalue weighted by atomic mass is 10.1. The van der Waals surface area contributed by atoms with Crippen LogP contribution in [0.4, 0.5) is 5.69 Å². The Morgan fingerprint density at radius 1 is 0.951 bits per heavy atom. The molecule has 0 bridgehead atoms. The Morgan fingerprint density at radius 3 is 2.27 bits per heavy atom. The minimum Gasteiger partial charge on any atom is -0.352 e. The van der Waals surface area contributed by atoms with Gasteiger partial charge in [-0.25, -0.2) is 8.42 Å². The molecule has 41 heavy (non-hydrogen) atoms. The number of nitrogens with one attached hydrogen (secondary N) is 1. The molecule has 3 aromatic rings. The maximum atomic E-state index is 14.0. The van der Waals surface area contributed by atoms with Crippen LogP contribution in [-0.4, -0.2) is 43.8 Å². The molecule has 4 rings (SSSR count). The summed E-state index contributed by atoms with van der Waals surface area (Å²) in [6.07, 6.45) is 3.85. The number of hydrogen-bond acceptors (Lipinski definition) is 4. The summed E-state index contributed by atoms with van der Waals surface area (Å²) in [4.78, 5) is 28.7. The van der Waals surface area contributed by atoms with Crippen LogP contribution in [0.25, 0.3) is 0 Å². The summed E-state index contributed by atoms with van der Waals surface area (Å²) in [6.45, 7) is 2.95. The first-order chi connectivity index (χ1) is 19.5. The summed E-state index contributed by atoms with van der Waals surface area (Å²) in [6, 6.07) is 16.8. The Bertz CT molecular complexity index is 1510. The van der Waals surface area contributed by atoms with Gasteiger partial charge >= 0.3 is 0 Å². The molecule has 0 aromatic heterocycles. The second-order valence-electron chi connectivity index (χ2n) is 10.2. The third-order valence-electron chi connectivity index (χ3n) is 7.19. The van der Waals surface area contributed by atoms with Crippen LogP contribution in [0, 0.1) is 6.92 Å². The van der Waals surface area contributed by atoms with E-state index in [9.17, 15) is 18.0 Å². The van der Waals surface area contributed by atoms with Crippen LogP contribution in [0.1, 0.15) is 43.7 Å². The van der Waals surface area contributed by atoms with Gasteiger partial charge in [-0.3, -0.25) is 13.9 Å². The zero-order valence-electron chi connectivity index (χ0n) is 22.8. The molecule has 1 atom stereocenters. The first kappa shape index (κ1) is 31.2. The van der Waals surface area contributed by atoms with Gasteiger partial charge in [-0.2, -0.15) is 0 Å². The highest BCUT2D eigenvalue weighted by Crippen LogP contribution is 2.28. The normalized spacial score (nSPS) is 14.5. The van der Waals surface area contributed by atoms with Gasteiger partial charge in [-0.15, -0.1) is 0 Å². The van der Waals surface area contributed by atoms with Gasteiger partial charge in [0.05, 0.1) is 20.6 Å². The molecule has 1 aliphatic carbocycles. The monoisotopic (exact) mass is 635 g/mol. The van der Waals surface area contributed by atoms with E-state index in [1.807, 2.05) is 6.92 Å². The van der Waals surface area contributed by atoms with E-state index in [0.717, 1.165) is 35.6 Å². The van der Waals surface area contributed by atoms with Crippen LogP contribution in [0.3, 0.4) is 0 Å². The number of benzene rings is 3. The van der Waals surface area contributed by atoms with Crippen molar-refractivity contribution >= 4 is 62.3 Å². The van der Waals surface area contributed by atoms with Crippen molar-refractivity contribution in [3.63, 3.8) is 0 Å². The lowest BCUT2D eigenvalue weighted by Crippen LogP contribution is -2.52. The van der Waals surface area contributed by atoms with Gasteiger partial charge in [0, 0.05) is 17.6 Å². The third-order valence-corrected chi connectivity index (χ3v) is 9.95. The molecule has 0 saturated heterocycles. The van der Waals surface area contributed by atoms with Crippen LogP contribution in [0.5, 0.6) is 0 Å². The molecule has 7 nitrogen and oxygen atoms in total. The fraction of sp³-hybridized carbons (Fsp3) is 0.333. The number of rotatable bonds is 10. The third kappa shape index (κ3) is 7.74. The number of nitrogens with zero attached hydrogens (tertiary/aromatic N) is 2. The second kappa shape index (κ2) is 13.5. The molecule has 1 aliphatic rings. The number of aryl methyl sites for hydroxylation is 1. The van der Waals surface area contributed by atoms with E-state index in [0.29, 0.717) is 20.6 Å². The summed E-state index contributed by atoms with van der Waals surface area (Å²) in [5, 5.41) is 4.03. The maximum Gasteiger partial charge on any atom is 0.264 e. The predicted octanol–water partition coefficient (Wildman–Crippen LogP) is 6.63. The summed E-state index contributed by atoms with van der Waals surface area (Å²) >= 11 is 18.5. The van der Waals surface area contributed by atoms with E-state index >= 15 is 0 Å². The van der Waals surface area contributed by atoms with E-state index in [1.165, 1.54) is 23.1 Å². The zero-order valence-corrected chi connectivity index (χ0v) is 25.9. The molecule has 1 saturated carbocycles. The van der Waals surface area contributed by atoms with Crippen LogP contribution >= 0.6 is 34.8 Å². The summed E-state index contributed by atoms with van der Waals surface area (Å²) in [7, 11) is -4.18. The largest absolute Gasteiger partial charge is 0.352 e. The van der Waals surface area contributed by atoms with Crippen molar-refractivity contribution in [3.8, 4) is 0 Å². The maximum absolute atomic E-state index is 14.0. The SMILES string of the molecule is Cc1ccc(S(=O)(=O)N(CC(=O)N(Cc2ccc(Cl)c(Cl)c2)[C@@H](C)C(=O)NC2CCCC2)c2cccc(Cl)c2)cc1. The van der Waals surface area contributed by atoms with E-state index < -0.39 is 28.5 Å². The van der Waals surface area contributed by atoms with Gasteiger partial charge < -0.3 is 10.2 Å². The Labute approximate surface area is 256 Å². The number of carbonyl (C=O) groups is 2. The standard InChI is InChI=1S/C30H32Cl3N3O4S/c1-20-10-13-26(14-11-20)41(39,40)36(25-9-5-6-23(31)17-25)19-29(37)35(18-22-12-15-27(32)28(33)16-22)21(2)30(38)34-24-7-3-4-8-24/h5-6,9-17,21,24H,3-4,7-8,18-19H2,1-2H3,(H,34,38)/t21-/m0/s1. The molecule has 0 unspecified atom stereocenters. The average Bonchev–Trinajstić information content (AvgIpc) is 3.45. The van der Waals surface area contributed by atoms with Crippen molar-refractivity contribution in [2.75, 3.05) is 10.8 Å². The number of halogens is 3. The minimum atomic E-state index is -4.18. The lowest BCUT2D eigenvalue weighted by molar-refractivity contribution is -0.139. The van der Waals surface area contributed by atoms with Gasteiger partial charge in [-0.1, -0.05) is 77.5 Å². The van der Waals surface area contributed by atoms with Crippen molar-refractivity contribution in [2.45, 2.75) is 63.1 Å². The van der Waals surface area contributed by atoms with Crippen LogP contribution in [-0.2, 0) is 26.2 Å². The first-order valence-corrected chi connectivity index (χ1v) is 15.9. The zero-order chi connectivity index (χ0) is 29.7. The fourth-order valence-corrected chi connectivity index (χ4v) is 6.72. The molecule has 218 valence electrons. The number of amides is 2. The molecule has 0 spiro atoms. The van der Waals surface area contributed by atoms with E-state index in [4.69, 9.17) is 34.8 Å². The molecule has 11 heteroatoms. The summed E-state index contributed by atoms with van der Waals surface area (Å²) < 4.78 is 28.8. The molecule has 0 aliphatic heterocycles. The number of anilines is 1. The Balaban J connectivity index is 1.70. The van der Waals surface area contributed by atoms with Gasteiger partial charge in [0.15, 0.2) is 0 Å². The smallest absolute Gasteiger partial charge is 0.264 e. The first-order valence-electron chi connectivity index (χ1n) is 13.3. The van der Waals surface area contributed by atoms with Gasteiger partial charge in [0.25, 0.3) is 10.0 Å². The summed E-state index contributed by atoms with van der Waals surface area (Å²) in [5.74, 6) is -0.873. The van der Waals surface area contributed by atoms with E-state index in [2.05, 4.69) is 5.32 Å². The van der Waals surface area contributed by atoms with Crippen molar-refractivity contribution in [1.29, 1.82) is 0 Å². The van der Waals surface area contributed by atoms with E-state index in [-0.39, 0.29) is 29.1 Å². The molecular formula is C30H32Cl3N3O4S. The Hall–Kier alpha value is -2.78. The van der Waals surface area contributed by atoms with Gasteiger partial charge in [0.2, 0.25) is 11.8 Å². The topological polar surface area (TPSA) is 86.8 Å². The van der Waals surface area contributed by atoms with Crippen LogP contribution < -0.4 is 9.62 Å². The Kier molecular flexibility index (Phi) is 10.2. The molecule has 2 amide bonds. The fourth-order valence-electron chi connectivity index (χ4n) is 4.81. The average molecular weight is 637 g/mol. The lowest BCUT2D eigenvalue weighted by Gasteiger charge is -2.32. The number of carbonyl (C=O) groups excluding carboxylic acids is 2. The second-order valence-corrected chi connectivity index (χ2v) is 13.4. The Morgan fingerprint density at radius 2 is 1.63 bits per heavy atom. The van der Waals surface area contributed by atoms with Gasteiger partial charge in [0.1, 0.15) is 12.6 Å². The summed E-state index contributed by atoms with van der Waals surface area (Å²) in [5.41, 5.74) is 1.76. The van der Waals surface area contributed by atoms with Crippen molar-refractivity contribution in [1.82, 2.24) is 10.2 Å². The molecule has 1 N–H and O–H groups in total. The predicted molar refractivity (Wildman–Crippen MR) is 164 cm³/mol. The van der Waals surface area contributed by atoms with Crippen molar-refractivity contribution in [3.05, 3.63) is 92.9 Å². The van der Waals surface area contributed by atoms with E-state index in [1.54, 1.807) is 55.5 Å². The highest BCUT2D eigenvalue weighted by Gasteiger charge is 2.33. The highest BCUT2D eigenvalue weighted by molar-refractivity contribution is 7.92. The minimum absolute atomic E-state index is 0.0168. The molecule has 1 fully saturated rings. The van der Waals surface area contributed by atoms with Crippen molar-refractivity contribution in [2.24, 2.45) is 0 Å². The number of sulfonamides is 1. The molecule has 0 heterocycles. The molecular weight excluding hydrogens is 605 g/mol. The van der Waals surface area contributed by atoms with Crippen LogP contribution in [0.15, 0.2) is 71.6 Å². The van der Waals surface area contributed by atoms with Crippen LogP contribution in [0.2, 0.25) is 15.1 Å². The quantitative estimate of drug-likeness (QED) is 0.271. The van der Waals surface area contributed by atoms with Gasteiger partial charge in [-0.05, 0) is 74.7 Å². The highest BCUT2D eigenvalue weighted by atomic mass is 35.5.